The molecule has 0 fully saturated rings. The van der Waals surface area contributed by atoms with E-state index in [0.717, 1.165) is 0 Å². The van der Waals surface area contributed by atoms with Gasteiger partial charge in [-0.3, -0.25) is 0 Å². The first-order valence-electron chi connectivity index (χ1n) is 2.30. The Hall–Kier alpha value is 1.42. The monoisotopic (exact) mass is 438 g/mol. The molecule has 0 aliphatic rings. The van der Waals surface area contributed by atoms with Gasteiger partial charge in [0.15, 0.2) is 0 Å². The smallest absolute Gasteiger partial charge is 0.310 e. The van der Waals surface area contributed by atoms with E-state index >= 15 is 0 Å². The Morgan fingerprint density at radius 1 is 0.350 bits per heavy atom. The van der Waals surface area contributed by atoms with Crippen LogP contribution < -0.4 is 0 Å². The third-order valence-corrected chi connectivity index (χ3v) is 0. The van der Waals surface area contributed by atoms with Gasteiger partial charge in [0.1, 0.15) is 0 Å². The second kappa shape index (κ2) is 140. The molecule has 0 atom stereocenters. The molecule has 0 aliphatic carbocycles. The van der Waals surface area contributed by atoms with Crippen LogP contribution in [0, 0.1) is 0 Å². The van der Waals surface area contributed by atoms with Crippen molar-refractivity contribution in [3.8, 4) is 0 Å². The maximum absolute atomic E-state index is 8.46. The van der Waals surface area contributed by atoms with Gasteiger partial charge in [-0.25, -0.2) is 27.4 Å². The Labute approximate surface area is 143 Å². The summed E-state index contributed by atoms with van der Waals surface area (Å²) >= 11 is 0. The quantitative estimate of drug-likeness (QED) is 0.223. The standard InChI is InChI=1S/2Al.6HO2P/c;;6*1-3-2/h;;6*(H,1,2)/q2*+3;;;;;;. The van der Waals surface area contributed by atoms with E-state index in [0.29, 0.717) is 0 Å². The molecule has 0 bridgehead atoms. The zero-order valence-corrected chi connectivity index (χ0v) is 16.6. The van der Waals surface area contributed by atoms with E-state index in [1.54, 1.807) is 0 Å². The van der Waals surface area contributed by atoms with E-state index in [-0.39, 0.29) is 34.7 Å². The zero-order valence-electron chi connectivity index (χ0n) is 8.97. The van der Waals surface area contributed by atoms with Crippen molar-refractivity contribution in [2.75, 3.05) is 0 Å². The third-order valence-electron chi connectivity index (χ3n) is 0. The van der Waals surface area contributed by atoms with Crippen molar-refractivity contribution in [2.45, 2.75) is 0 Å². The average molecular weight is 438 g/mol. The van der Waals surface area contributed by atoms with Crippen LogP contribution in [-0.2, 0) is 27.4 Å². The van der Waals surface area contributed by atoms with Crippen molar-refractivity contribution < 1.29 is 56.8 Å². The molecule has 0 heterocycles. The second-order valence-corrected chi connectivity index (χ2v) is 1.47. The molecule has 0 saturated heterocycles. The van der Waals surface area contributed by atoms with Gasteiger partial charge in [0, 0.05) is 0 Å². The van der Waals surface area contributed by atoms with Gasteiger partial charge in [-0.1, -0.05) is 0 Å². The van der Waals surface area contributed by atoms with Crippen molar-refractivity contribution in [1.29, 1.82) is 0 Å². The van der Waals surface area contributed by atoms with Crippen LogP contribution in [0.3, 0.4) is 0 Å². The summed E-state index contributed by atoms with van der Waals surface area (Å²) in [6.07, 6.45) is 0. The van der Waals surface area contributed by atoms with E-state index in [1.165, 1.54) is 0 Å². The minimum Gasteiger partial charge on any atom is -0.310 e. The molecule has 6 N–H and O–H groups in total. The Morgan fingerprint density at radius 3 is 0.350 bits per heavy atom. The van der Waals surface area contributed by atoms with Crippen molar-refractivity contribution in [3.05, 3.63) is 0 Å². The SMILES string of the molecule is O=PO.O=PO.O=PO.O=PO.O=PO.O=PO.[Al+3].[Al+3]. The molecule has 0 aromatic heterocycles. The summed E-state index contributed by atoms with van der Waals surface area (Å²) in [6.45, 7) is 0. The van der Waals surface area contributed by atoms with E-state index in [1.807, 2.05) is 0 Å². The first-order chi connectivity index (χ1) is 8.49. The van der Waals surface area contributed by atoms with Gasteiger partial charge in [0.2, 0.25) is 0 Å². The van der Waals surface area contributed by atoms with Crippen LogP contribution in [0.25, 0.3) is 0 Å². The van der Waals surface area contributed by atoms with Crippen LogP contribution in [0.15, 0.2) is 0 Å². The van der Waals surface area contributed by atoms with Crippen LogP contribution >= 0.6 is 52.1 Å². The van der Waals surface area contributed by atoms with Crippen molar-refractivity contribution in [3.63, 3.8) is 0 Å². The normalized spacial score (nSPS) is 6.30. The molecular weight excluding hydrogens is 432 g/mol. The van der Waals surface area contributed by atoms with Crippen molar-refractivity contribution >= 4 is 86.8 Å². The van der Waals surface area contributed by atoms with Crippen LogP contribution in [0.5, 0.6) is 0 Å². The fraction of sp³-hybridized carbons (Fsp3) is 0. The van der Waals surface area contributed by atoms with E-state index in [4.69, 9.17) is 56.8 Å². The van der Waals surface area contributed by atoms with Crippen LogP contribution in [0.4, 0.5) is 0 Å². The summed E-state index contributed by atoms with van der Waals surface area (Å²) in [4.78, 5) is 41.9. The predicted octanol–water partition coefficient (Wildman–Crippen LogP) is 0.351. The third kappa shape index (κ3) is 3250. The molecule has 0 aromatic carbocycles. The Kier molecular flexibility index (Phi) is 347. The minimum absolute atomic E-state index is 0. The molecule has 0 saturated carbocycles. The number of hydrogen-bond acceptors (Lipinski definition) is 6. The fourth-order valence-corrected chi connectivity index (χ4v) is 0. The van der Waals surface area contributed by atoms with Crippen molar-refractivity contribution in [2.24, 2.45) is 0 Å². The molecule has 0 aliphatic heterocycles. The second-order valence-electron chi connectivity index (χ2n) is 0.490. The van der Waals surface area contributed by atoms with E-state index in [9.17, 15) is 0 Å². The Morgan fingerprint density at radius 2 is 0.350 bits per heavy atom. The summed E-state index contributed by atoms with van der Waals surface area (Å²) in [5, 5.41) is 0. The first-order valence-corrected chi connectivity index (χ1v) is 6.89. The molecule has 0 unspecified atom stereocenters. The molecule has 0 radical (unpaired) electrons. The van der Waals surface area contributed by atoms with Crippen LogP contribution in [0.2, 0.25) is 0 Å². The maximum atomic E-state index is 8.46. The van der Waals surface area contributed by atoms with Gasteiger partial charge in [-0.05, 0) is 0 Å². The first kappa shape index (κ1) is 49.6. The molecule has 20 heavy (non-hydrogen) atoms. The Bertz CT molecular complexity index is 117. The van der Waals surface area contributed by atoms with Gasteiger partial charge >= 0.3 is 86.8 Å². The molecule has 108 valence electrons. The van der Waals surface area contributed by atoms with Gasteiger partial charge < -0.3 is 29.4 Å². The summed E-state index contributed by atoms with van der Waals surface area (Å²) in [5.74, 6) is 0. The number of hydrogen-bond donors (Lipinski definition) is 6. The molecule has 0 rings (SSSR count). The number of rotatable bonds is 0. The van der Waals surface area contributed by atoms with Gasteiger partial charge in [-0.15, -0.1) is 0 Å². The minimum atomic E-state index is -0.833. The summed E-state index contributed by atoms with van der Waals surface area (Å²) < 4.78 is 50.8. The summed E-state index contributed by atoms with van der Waals surface area (Å²) in [5.41, 5.74) is 0. The molecule has 0 spiro atoms. The van der Waals surface area contributed by atoms with Gasteiger partial charge in [0.25, 0.3) is 0 Å². The van der Waals surface area contributed by atoms with E-state index in [2.05, 4.69) is 0 Å². The largest absolute Gasteiger partial charge is 3.00 e. The molecule has 12 nitrogen and oxygen atoms in total. The zero-order chi connectivity index (χ0) is 16.2. The topological polar surface area (TPSA) is 224 Å². The fourth-order valence-electron chi connectivity index (χ4n) is 0. The molecule has 20 heteroatoms. The van der Waals surface area contributed by atoms with Crippen LogP contribution in [-0.4, -0.2) is 64.1 Å². The predicted molar refractivity (Wildman–Crippen MR) is 70.5 cm³/mol. The van der Waals surface area contributed by atoms with E-state index < -0.39 is 52.1 Å². The molecule has 0 amide bonds. The molecular formula is H6Al2O12P6+6. The van der Waals surface area contributed by atoms with Crippen LogP contribution in [0.1, 0.15) is 0 Å². The molecule has 0 aromatic rings. The van der Waals surface area contributed by atoms with Gasteiger partial charge in [0.05, 0.1) is 0 Å². The maximum Gasteiger partial charge on any atom is 3.00 e. The average Bonchev–Trinajstić information content (AvgIpc) is 2.23. The summed E-state index contributed by atoms with van der Waals surface area (Å²) in [7, 11) is -5.00. The van der Waals surface area contributed by atoms with Gasteiger partial charge in [-0.2, -0.15) is 0 Å². The Balaban J connectivity index is -0.0000000141. The summed E-state index contributed by atoms with van der Waals surface area (Å²) in [6, 6.07) is 0. The van der Waals surface area contributed by atoms with Crippen molar-refractivity contribution in [1.82, 2.24) is 0 Å².